The molecule has 0 spiro atoms. The number of anilines is 3. The van der Waals surface area contributed by atoms with Crippen LogP contribution in [0.5, 0.6) is 0 Å². The SMILES string of the molecule is CN1CCN(c2nc(Nc3ccsc3)nc3nc[nH]c23)CC1. The molecule has 1 fully saturated rings. The van der Waals surface area contributed by atoms with Gasteiger partial charge in [-0.1, -0.05) is 0 Å². The molecule has 4 heterocycles. The summed E-state index contributed by atoms with van der Waals surface area (Å²) in [6.07, 6.45) is 1.67. The van der Waals surface area contributed by atoms with Crippen LogP contribution in [0.1, 0.15) is 0 Å². The predicted octanol–water partition coefficient (Wildman–Crippen LogP) is 1.91. The van der Waals surface area contributed by atoms with Gasteiger partial charge >= 0.3 is 0 Å². The molecule has 0 saturated carbocycles. The molecule has 7 nitrogen and oxygen atoms in total. The zero-order valence-corrected chi connectivity index (χ0v) is 13.1. The number of H-pyrrole nitrogens is 1. The Balaban J connectivity index is 1.71. The molecule has 0 bridgehead atoms. The predicted molar refractivity (Wildman–Crippen MR) is 89.0 cm³/mol. The van der Waals surface area contributed by atoms with E-state index in [-0.39, 0.29) is 0 Å². The number of hydrogen-bond acceptors (Lipinski definition) is 7. The summed E-state index contributed by atoms with van der Waals surface area (Å²) in [4.78, 5) is 21.3. The van der Waals surface area contributed by atoms with Crippen LogP contribution >= 0.6 is 11.3 Å². The molecule has 0 radical (unpaired) electrons. The molecule has 0 amide bonds. The molecule has 22 heavy (non-hydrogen) atoms. The Bertz CT molecular complexity index is 759. The number of thiophene rings is 1. The number of rotatable bonds is 3. The van der Waals surface area contributed by atoms with Crippen LogP contribution in [0, 0.1) is 0 Å². The maximum Gasteiger partial charge on any atom is 0.231 e. The van der Waals surface area contributed by atoms with Crippen LogP contribution in [0.3, 0.4) is 0 Å². The molecule has 2 N–H and O–H groups in total. The van der Waals surface area contributed by atoms with Crippen LogP contribution in [-0.2, 0) is 0 Å². The molecule has 1 aliphatic heterocycles. The highest BCUT2D eigenvalue weighted by Crippen LogP contribution is 2.25. The summed E-state index contributed by atoms with van der Waals surface area (Å²) in [6.45, 7) is 3.99. The van der Waals surface area contributed by atoms with Crippen molar-refractivity contribution >= 4 is 40.0 Å². The van der Waals surface area contributed by atoms with Gasteiger partial charge in [-0.2, -0.15) is 21.3 Å². The maximum absolute atomic E-state index is 4.72. The average Bonchev–Trinajstić information content (AvgIpc) is 3.18. The van der Waals surface area contributed by atoms with Crippen LogP contribution in [0.15, 0.2) is 23.2 Å². The number of fused-ring (bicyclic) bond motifs is 1. The van der Waals surface area contributed by atoms with E-state index in [9.17, 15) is 0 Å². The van der Waals surface area contributed by atoms with Crippen LogP contribution in [0.2, 0.25) is 0 Å². The van der Waals surface area contributed by atoms with Gasteiger partial charge < -0.3 is 20.1 Å². The number of aromatic amines is 1. The van der Waals surface area contributed by atoms with Crippen molar-refractivity contribution in [3.63, 3.8) is 0 Å². The highest BCUT2D eigenvalue weighted by atomic mass is 32.1. The van der Waals surface area contributed by atoms with Crippen molar-refractivity contribution in [2.45, 2.75) is 0 Å². The number of nitrogens with zero attached hydrogens (tertiary/aromatic N) is 5. The Morgan fingerprint density at radius 3 is 2.86 bits per heavy atom. The lowest BCUT2D eigenvalue weighted by Gasteiger charge is -2.33. The first-order valence-electron chi connectivity index (χ1n) is 7.23. The van der Waals surface area contributed by atoms with E-state index in [2.05, 4.69) is 37.1 Å². The third-order valence-corrected chi connectivity index (χ3v) is 4.53. The topological polar surface area (TPSA) is 73.0 Å². The number of nitrogens with one attached hydrogen (secondary N) is 2. The first-order valence-corrected chi connectivity index (χ1v) is 8.18. The van der Waals surface area contributed by atoms with E-state index in [1.54, 1.807) is 17.7 Å². The van der Waals surface area contributed by atoms with Gasteiger partial charge in [-0.3, -0.25) is 0 Å². The zero-order chi connectivity index (χ0) is 14.9. The number of piperazine rings is 1. The van der Waals surface area contributed by atoms with Crippen molar-refractivity contribution in [2.75, 3.05) is 43.4 Å². The number of aromatic nitrogens is 4. The van der Waals surface area contributed by atoms with Crippen molar-refractivity contribution in [3.05, 3.63) is 23.2 Å². The van der Waals surface area contributed by atoms with Gasteiger partial charge in [0, 0.05) is 31.6 Å². The second-order valence-corrected chi connectivity index (χ2v) is 6.18. The lowest BCUT2D eigenvalue weighted by Crippen LogP contribution is -2.45. The summed E-state index contributed by atoms with van der Waals surface area (Å²) >= 11 is 1.64. The van der Waals surface area contributed by atoms with Crippen LogP contribution in [0.25, 0.3) is 11.2 Å². The van der Waals surface area contributed by atoms with Crippen molar-refractivity contribution in [2.24, 2.45) is 0 Å². The molecule has 0 aliphatic carbocycles. The molecule has 3 aromatic heterocycles. The van der Waals surface area contributed by atoms with Crippen molar-refractivity contribution in [1.29, 1.82) is 0 Å². The number of imidazole rings is 1. The highest BCUT2D eigenvalue weighted by molar-refractivity contribution is 7.08. The summed E-state index contributed by atoms with van der Waals surface area (Å²) in [5, 5.41) is 7.31. The van der Waals surface area contributed by atoms with Gasteiger partial charge in [-0.15, -0.1) is 0 Å². The minimum Gasteiger partial charge on any atom is -0.352 e. The second kappa shape index (κ2) is 5.54. The Kier molecular flexibility index (Phi) is 3.39. The third-order valence-electron chi connectivity index (χ3n) is 3.85. The molecule has 114 valence electrons. The van der Waals surface area contributed by atoms with Crippen LogP contribution < -0.4 is 10.2 Å². The van der Waals surface area contributed by atoms with Gasteiger partial charge in [0.15, 0.2) is 11.5 Å². The fourth-order valence-corrected chi connectivity index (χ4v) is 3.17. The molecule has 4 rings (SSSR count). The molecule has 1 aliphatic rings. The molecule has 8 heteroatoms. The summed E-state index contributed by atoms with van der Waals surface area (Å²) in [7, 11) is 2.15. The van der Waals surface area contributed by atoms with Gasteiger partial charge in [-0.25, -0.2) is 4.98 Å². The van der Waals surface area contributed by atoms with Crippen LogP contribution in [0.4, 0.5) is 17.5 Å². The van der Waals surface area contributed by atoms with Crippen molar-refractivity contribution in [1.82, 2.24) is 24.8 Å². The highest BCUT2D eigenvalue weighted by Gasteiger charge is 2.20. The van der Waals surface area contributed by atoms with E-state index >= 15 is 0 Å². The Hall–Kier alpha value is -2.19. The Labute approximate surface area is 132 Å². The summed E-state index contributed by atoms with van der Waals surface area (Å²) in [6, 6.07) is 2.01. The fourth-order valence-electron chi connectivity index (χ4n) is 2.59. The van der Waals surface area contributed by atoms with E-state index in [0.717, 1.165) is 43.2 Å². The minimum atomic E-state index is 0.590. The largest absolute Gasteiger partial charge is 0.352 e. The molecule has 0 aromatic carbocycles. The molecule has 3 aromatic rings. The molecule has 1 saturated heterocycles. The molecule has 0 unspecified atom stereocenters. The molecular weight excluding hydrogens is 298 g/mol. The third kappa shape index (κ3) is 2.51. The zero-order valence-electron chi connectivity index (χ0n) is 12.3. The monoisotopic (exact) mass is 315 g/mol. The quantitative estimate of drug-likeness (QED) is 0.769. The van der Waals surface area contributed by atoms with E-state index in [0.29, 0.717) is 11.6 Å². The van der Waals surface area contributed by atoms with Gasteiger partial charge in [0.2, 0.25) is 5.95 Å². The van der Waals surface area contributed by atoms with Gasteiger partial charge in [0.25, 0.3) is 0 Å². The smallest absolute Gasteiger partial charge is 0.231 e. The minimum absolute atomic E-state index is 0.590. The summed E-state index contributed by atoms with van der Waals surface area (Å²) < 4.78 is 0. The maximum atomic E-state index is 4.72. The lowest BCUT2D eigenvalue weighted by molar-refractivity contribution is 0.312. The first-order chi connectivity index (χ1) is 10.8. The van der Waals surface area contributed by atoms with Crippen molar-refractivity contribution < 1.29 is 0 Å². The normalized spacial score (nSPS) is 16.3. The second-order valence-electron chi connectivity index (χ2n) is 5.40. The number of likely N-dealkylation sites (N-methyl/N-ethyl adjacent to an activating group) is 1. The van der Waals surface area contributed by atoms with Gasteiger partial charge in [0.05, 0.1) is 12.0 Å². The van der Waals surface area contributed by atoms with E-state index in [1.165, 1.54) is 0 Å². The van der Waals surface area contributed by atoms with Crippen LogP contribution in [-0.4, -0.2) is 58.1 Å². The number of hydrogen-bond donors (Lipinski definition) is 2. The molecule has 0 atom stereocenters. The van der Waals surface area contributed by atoms with E-state index < -0.39 is 0 Å². The standard InChI is InChI=1S/C14H17N7S/c1-20-3-5-21(6-4-20)13-11-12(16-9-15-11)18-14(19-13)17-10-2-7-22-8-10/h2,7-9H,3-6H2,1H3,(H2,15,16,17,18,19). The Morgan fingerprint density at radius 1 is 1.23 bits per heavy atom. The average molecular weight is 315 g/mol. The van der Waals surface area contributed by atoms with Crippen molar-refractivity contribution in [3.8, 4) is 0 Å². The summed E-state index contributed by atoms with van der Waals surface area (Å²) in [5.41, 5.74) is 2.60. The Morgan fingerprint density at radius 2 is 2.09 bits per heavy atom. The fraction of sp³-hybridized carbons (Fsp3) is 0.357. The van der Waals surface area contributed by atoms with E-state index in [1.807, 2.05) is 16.8 Å². The van der Waals surface area contributed by atoms with Gasteiger partial charge in [-0.05, 0) is 18.5 Å². The lowest BCUT2D eigenvalue weighted by atomic mass is 10.3. The molecular formula is C14H17N7S. The first kappa shape index (κ1) is 13.5. The van der Waals surface area contributed by atoms with Gasteiger partial charge in [0.1, 0.15) is 5.52 Å². The van der Waals surface area contributed by atoms with E-state index in [4.69, 9.17) is 4.98 Å². The summed E-state index contributed by atoms with van der Waals surface area (Å²) in [5.74, 6) is 1.51.